The lowest BCUT2D eigenvalue weighted by Gasteiger charge is -2.17. The van der Waals surface area contributed by atoms with Crippen LogP contribution in [0.4, 0.5) is 0 Å². The van der Waals surface area contributed by atoms with Gasteiger partial charge in [0.05, 0.1) is 24.9 Å². The number of amides is 1. The molecule has 0 fully saturated rings. The van der Waals surface area contributed by atoms with E-state index < -0.39 is 0 Å². The summed E-state index contributed by atoms with van der Waals surface area (Å²) in [6.45, 7) is 1.57. The Kier molecular flexibility index (Phi) is 4.33. The molecule has 0 unspecified atom stereocenters. The number of carbonyl (C=O) groups excluding carboxylic acids is 1. The fourth-order valence-electron chi connectivity index (χ4n) is 2.37. The van der Waals surface area contributed by atoms with Crippen molar-refractivity contribution in [1.82, 2.24) is 29.3 Å². The van der Waals surface area contributed by atoms with Gasteiger partial charge >= 0.3 is 0 Å². The standard InChI is InChI=1S/C15H18N6O2/c1-19(10-14-18-16-11-20(14)8-9-23-2)15(22)13-5-3-4-12-6-7-17-21(12)13/h3-7,11H,8-10H2,1-2H3. The third-order valence-corrected chi connectivity index (χ3v) is 3.60. The summed E-state index contributed by atoms with van der Waals surface area (Å²) in [6.07, 6.45) is 3.31. The molecule has 3 aromatic rings. The SMILES string of the molecule is COCCn1cnnc1CN(C)C(=O)c1cccc2ccnn12. The summed E-state index contributed by atoms with van der Waals surface area (Å²) in [5.41, 5.74) is 1.39. The maximum atomic E-state index is 12.7. The number of pyridine rings is 1. The summed E-state index contributed by atoms with van der Waals surface area (Å²) in [4.78, 5) is 14.3. The van der Waals surface area contributed by atoms with Crippen molar-refractivity contribution in [2.75, 3.05) is 20.8 Å². The number of nitrogens with zero attached hydrogens (tertiary/aromatic N) is 6. The summed E-state index contributed by atoms with van der Waals surface area (Å²) >= 11 is 0. The number of hydrogen-bond donors (Lipinski definition) is 0. The number of aromatic nitrogens is 5. The fraction of sp³-hybridized carbons (Fsp3) is 0.333. The van der Waals surface area contributed by atoms with Crippen LogP contribution >= 0.6 is 0 Å². The molecule has 0 N–H and O–H groups in total. The molecule has 0 spiro atoms. The smallest absolute Gasteiger partial charge is 0.272 e. The molecular weight excluding hydrogens is 296 g/mol. The number of fused-ring (bicyclic) bond motifs is 1. The molecule has 0 aliphatic rings. The van der Waals surface area contributed by atoms with Crippen LogP contribution in [0.5, 0.6) is 0 Å². The van der Waals surface area contributed by atoms with E-state index in [9.17, 15) is 4.79 Å². The number of ether oxygens (including phenoxy) is 1. The average molecular weight is 314 g/mol. The van der Waals surface area contributed by atoms with E-state index in [2.05, 4.69) is 15.3 Å². The molecule has 0 saturated carbocycles. The number of methoxy groups -OCH3 is 1. The molecule has 23 heavy (non-hydrogen) atoms. The highest BCUT2D eigenvalue weighted by atomic mass is 16.5. The summed E-state index contributed by atoms with van der Waals surface area (Å²) in [6, 6.07) is 7.37. The molecule has 0 aromatic carbocycles. The molecule has 1 amide bonds. The van der Waals surface area contributed by atoms with Crippen molar-refractivity contribution in [3.8, 4) is 0 Å². The highest BCUT2D eigenvalue weighted by Crippen LogP contribution is 2.10. The minimum atomic E-state index is -0.124. The summed E-state index contributed by atoms with van der Waals surface area (Å²) in [7, 11) is 3.38. The predicted octanol–water partition coefficient (Wildman–Crippen LogP) is 0.844. The van der Waals surface area contributed by atoms with E-state index in [0.717, 1.165) is 5.52 Å². The second-order valence-corrected chi connectivity index (χ2v) is 5.17. The quantitative estimate of drug-likeness (QED) is 0.674. The molecule has 3 heterocycles. The van der Waals surface area contributed by atoms with E-state index in [0.29, 0.717) is 31.2 Å². The molecule has 0 bridgehead atoms. The van der Waals surface area contributed by atoms with Gasteiger partial charge < -0.3 is 14.2 Å². The van der Waals surface area contributed by atoms with Crippen molar-refractivity contribution in [2.45, 2.75) is 13.1 Å². The minimum Gasteiger partial charge on any atom is -0.383 e. The Morgan fingerprint density at radius 1 is 1.35 bits per heavy atom. The van der Waals surface area contributed by atoms with Crippen LogP contribution in [0.15, 0.2) is 36.8 Å². The molecule has 0 radical (unpaired) electrons. The van der Waals surface area contributed by atoms with Gasteiger partial charge in [-0.15, -0.1) is 10.2 Å². The first-order valence-electron chi connectivity index (χ1n) is 7.24. The summed E-state index contributed by atoms with van der Waals surface area (Å²) in [5, 5.41) is 12.2. The van der Waals surface area contributed by atoms with Gasteiger partial charge in [-0.1, -0.05) is 6.07 Å². The van der Waals surface area contributed by atoms with Crippen molar-refractivity contribution in [2.24, 2.45) is 0 Å². The molecule has 0 atom stereocenters. The van der Waals surface area contributed by atoms with E-state index in [1.807, 2.05) is 22.8 Å². The van der Waals surface area contributed by atoms with Crippen molar-refractivity contribution in [3.05, 3.63) is 48.3 Å². The number of hydrogen-bond acceptors (Lipinski definition) is 5. The van der Waals surface area contributed by atoms with E-state index in [1.54, 1.807) is 42.2 Å². The average Bonchev–Trinajstić information content (AvgIpc) is 3.20. The lowest BCUT2D eigenvalue weighted by atomic mass is 10.3. The van der Waals surface area contributed by atoms with Crippen LogP contribution in [0.2, 0.25) is 0 Å². The first-order chi connectivity index (χ1) is 11.2. The normalized spacial score (nSPS) is 11.0. The van der Waals surface area contributed by atoms with Crippen LogP contribution < -0.4 is 0 Å². The molecule has 3 rings (SSSR count). The van der Waals surface area contributed by atoms with Crippen molar-refractivity contribution in [1.29, 1.82) is 0 Å². The zero-order valence-corrected chi connectivity index (χ0v) is 13.1. The van der Waals surface area contributed by atoms with Gasteiger partial charge in [0.2, 0.25) is 0 Å². The van der Waals surface area contributed by atoms with Gasteiger partial charge in [-0.2, -0.15) is 5.10 Å². The van der Waals surface area contributed by atoms with Gasteiger partial charge in [0.1, 0.15) is 12.0 Å². The highest BCUT2D eigenvalue weighted by molar-refractivity contribution is 5.93. The van der Waals surface area contributed by atoms with Gasteiger partial charge in [-0.05, 0) is 18.2 Å². The van der Waals surface area contributed by atoms with Gasteiger partial charge in [0.25, 0.3) is 5.91 Å². The first kappa shape index (κ1) is 15.2. The Hall–Kier alpha value is -2.74. The summed E-state index contributed by atoms with van der Waals surface area (Å²) in [5.74, 6) is 0.589. The second-order valence-electron chi connectivity index (χ2n) is 5.17. The Labute approximate surface area is 133 Å². The topological polar surface area (TPSA) is 77.5 Å². The van der Waals surface area contributed by atoms with Crippen LogP contribution in [0.25, 0.3) is 5.52 Å². The first-order valence-corrected chi connectivity index (χ1v) is 7.24. The third-order valence-electron chi connectivity index (χ3n) is 3.60. The molecule has 8 heteroatoms. The van der Waals surface area contributed by atoms with E-state index >= 15 is 0 Å². The minimum absolute atomic E-state index is 0.124. The summed E-state index contributed by atoms with van der Waals surface area (Å²) < 4.78 is 8.57. The zero-order valence-electron chi connectivity index (χ0n) is 13.1. The van der Waals surface area contributed by atoms with E-state index in [1.165, 1.54) is 0 Å². The Bertz CT molecular complexity index is 809. The third kappa shape index (κ3) is 3.07. The predicted molar refractivity (Wildman–Crippen MR) is 82.9 cm³/mol. The van der Waals surface area contributed by atoms with Crippen molar-refractivity contribution in [3.63, 3.8) is 0 Å². The van der Waals surface area contributed by atoms with Crippen LogP contribution in [-0.4, -0.2) is 55.9 Å². The number of carbonyl (C=O) groups is 1. The molecule has 3 aromatic heterocycles. The van der Waals surface area contributed by atoms with Crippen LogP contribution in [0.1, 0.15) is 16.3 Å². The lowest BCUT2D eigenvalue weighted by Crippen LogP contribution is -2.29. The monoisotopic (exact) mass is 314 g/mol. The lowest BCUT2D eigenvalue weighted by molar-refractivity contribution is 0.0770. The van der Waals surface area contributed by atoms with Gasteiger partial charge in [-0.25, -0.2) is 4.52 Å². The van der Waals surface area contributed by atoms with Crippen molar-refractivity contribution < 1.29 is 9.53 Å². The number of rotatable bonds is 6. The molecular formula is C15H18N6O2. The van der Waals surface area contributed by atoms with Gasteiger partial charge in [0, 0.05) is 20.7 Å². The van der Waals surface area contributed by atoms with Crippen LogP contribution in [-0.2, 0) is 17.8 Å². The fourth-order valence-corrected chi connectivity index (χ4v) is 2.37. The van der Waals surface area contributed by atoms with E-state index in [4.69, 9.17) is 4.74 Å². The molecule has 8 nitrogen and oxygen atoms in total. The zero-order chi connectivity index (χ0) is 16.2. The second kappa shape index (κ2) is 6.57. The largest absolute Gasteiger partial charge is 0.383 e. The Morgan fingerprint density at radius 3 is 3.04 bits per heavy atom. The maximum absolute atomic E-state index is 12.7. The van der Waals surface area contributed by atoms with Gasteiger partial charge in [0.15, 0.2) is 5.82 Å². The van der Waals surface area contributed by atoms with E-state index in [-0.39, 0.29) is 5.91 Å². The molecule has 0 aliphatic carbocycles. The highest BCUT2D eigenvalue weighted by Gasteiger charge is 2.17. The molecule has 0 saturated heterocycles. The van der Waals surface area contributed by atoms with Crippen LogP contribution in [0, 0.1) is 0 Å². The molecule has 120 valence electrons. The molecule has 0 aliphatic heterocycles. The maximum Gasteiger partial charge on any atom is 0.272 e. The van der Waals surface area contributed by atoms with Crippen molar-refractivity contribution >= 4 is 11.4 Å². The Balaban J connectivity index is 1.78. The van der Waals surface area contributed by atoms with Crippen LogP contribution in [0.3, 0.4) is 0 Å². The Morgan fingerprint density at radius 2 is 2.22 bits per heavy atom. The van der Waals surface area contributed by atoms with Gasteiger partial charge in [-0.3, -0.25) is 4.79 Å².